The van der Waals surface area contributed by atoms with Gasteiger partial charge in [-0.3, -0.25) is 4.79 Å². The van der Waals surface area contributed by atoms with Gasteiger partial charge in [-0.2, -0.15) is 0 Å². The van der Waals surface area contributed by atoms with Crippen molar-refractivity contribution in [3.8, 4) is 0 Å². The molecule has 6 heteroatoms. The molecule has 0 saturated heterocycles. The van der Waals surface area contributed by atoms with Crippen LogP contribution in [0, 0.1) is 5.92 Å². The number of alkyl halides is 2. The molecular formula is C16H21F2NO3. The first-order valence-corrected chi connectivity index (χ1v) is 7.23. The maximum Gasteiger partial charge on any atom is 0.326 e. The van der Waals surface area contributed by atoms with Crippen LogP contribution < -0.4 is 5.32 Å². The number of rotatable bonds is 8. The largest absolute Gasteiger partial charge is 0.480 e. The lowest BCUT2D eigenvalue weighted by molar-refractivity contribution is -0.143. The zero-order chi connectivity index (χ0) is 16.7. The number of amides is 1. The summed E-state index contributed by atoms with van der Waals surface area (Å²) in [5.74, 6) is -2.59. The summed E-state index contributed by atoms with van der Waals surface area (Å²) >= 11 is 0. The summed E-state index contributed by atoms with van der Waals surface area (Å²) in [4.78, 5) is 23.4. The highest BCUT2D eigenvalue weighted by molar-refractivity contribution is 5.88. The number of aliphatic carboxylic acids is 1. The molecule has 0 saturated carbocycles. The fraction of sp³-hybridized carbons (Fsp3) is 0.500. The lowest BCUT2D eigenvalue weighted by Crippen LogP contribution is -2.45. The molecular weight excluding hydrogens is 292 g/mol. The second-order valence-corrected chi connectivity index (χ2v) is 5.30. The van der Waals surface area contributed by atoms with Crippen molar-refractivity contribution in [3.05, 3.63) is 35.9 Å². The van der Waals surface area contributed by atoms with Gasteiger partial charge in [0.15, 0.2) is 0 Å². The molecule has 4 nitrogen and oxygen atoms in total. The molecule has 0 spiro atoms. The first kappa shape index (κ1) is 18.1. The van der Waals surface area contributed by atoms with E-state index in [0.29, 0.717) is 6.42 Å². The summed E-state index contributed by atoms with van der Waals surface area (Å²) in [6, 6.07) is 7.35. The number of carbonyl (C=O) groups excluding carboxylic acids is 1. The molecule has 0 radical (unpaired) electrons. The first-order chi connectivity index (χ1) is 10.4. The van der Waals surface area contributed by atoms with E-state index in [1.165, 1.54) is 0 Å². The van der Waals surface area contributed by atoms with Crippen molar-refractivity contribution >= 4 is 11.9 Å². The number of carboxylic acid groups (broad SMARTS) is 1. The zero-order valence-corrected chi connectivity index (χ0v) is 12.6. The van der Waals surface area contributed by atoms with E-state index in [1.807, 2.05) is 19.9 Å². The van der Waals surface area contributed by atoms with E-state index in [4.69, 9.17) is 5.11 Å². The van der Waals surface area contributed by atoms with Gasteiger partial charge in [0.25, 0.3) is 0 Å². The number of hydrogen-bond acceptors (Lipinski definition) is 2. The van der Waals surface area contributed by atoms with Crippen molar-refractivity contribution in [3.63, 3.8) is 0 Å². The molecule has 1 rings (SSSR count). The van der Waals surface area contributed by atoms with E-state index >= 15 is 0 Å². The van der Waals surface area contributed by atoms with Crippen LogP contribution in [0.5, 0.6) is 0 Å². The van der Waals surface area contributed by atoms with Gasteiger partial charge in [-0.15, -0.1) is 0 Å². The third-order valence-electron chi connectivity index (χ3n) is 3.68. The monoisotopic (exact) mass is 313 g/mol. The van der Waals surface area contributed by atoms with Crippen LogP contribution in [0.1, 0.15) is 38.2 Å². The molecule has 0 heterocycles. The summed E-state index contributed by atoms with van der Waals surface area (Å²) in [5.41, 5.74) is 0.746. The minimum absolute atomic E-state index is 0.0385. The third-order valence-corrected chi connectivity index (χ3v) is 3.68. The van der Waals surface area contributed by atoms with Gasteiger partial charge in [0, 0.05) is 6.42 Å². The van der Waals surface area contributed by atoms with Crippen LogP contribution >= 0.6 is 0 Å². The third kappa shape index (κ3) is 5.09. The molecule has 3 unspecified atom stereocenters. The first-order valence-electron chi connectivity index (χ1n) is 7.23. The molecule has 1 aromatic rings. The fourth-order valence-corrected chi connectivity index (χ4v) is 2.30. The Morgan fingerprint density at radius 3 is 2.27 bits per heavy atom. The summed E-state index contributed by atoms with van der Waals surface area (Å²) in [6.07, 6.45) is -2.98. The van der Waals surface area contributed by atoms with Crippen LogP contribution in [0.15, 0.2) is 30.3 Å². The molecule has 0 aliphatic rings. The van der Waals surface area contributed by atoms with E-state index in [-0.39, 0.29) is 5.92 Å². The van der Waals surface area contributed by atoms with Gasteiger partial charge >= 0.3 is 5.97 Å². The molecule has 22 heavy (non-hydrogen) atoms. The molecule has 0 aromatic heterocycles. The Morgan fingerprint density at radius 1 is 1.23 bits per heavy atom. The lowest BCUT2D eigenvalue weighted by Gasteiger charge is -2.24. The van der Waals surface area contributed by atoms with Crippen LogP contribution in [0.4, 0.5) is 8.78 Å². The second kappa shape index (κ2) is 8.46. The van der Waals surface area contributed by atoms with Crippen LogP contribution in [-0.2, 0) is 9.59 Å². The summed E-state index contributed by atoms with van der Waals surface area (Å²) in [5, 5.41) is 11.2. The minimum Gasteiger partial charge on any atom is -0.480 e. The van der Waals surface area contributed by atoms with E-state index < -0.39 is 36.7 Å². The molecule has 0 aliphatic heterocycles. The molecule has 0 bridgehead atoms. The number of nitrogens with one attached hydrogen (secondary N) is 1. The standard InChI is InChI=1S/C16H21F2NO3/c1-3-10(2)14(11-7-5-4-6-8-11)15(20)19-12(16(21)22)9-13(17)18/h4-8,10,12-14H,3,9H2,1-2H3,(H,19,20)(H,21,22). The highest BCUT2D eigenvalue weighted by Gasteiger charge is 2.30. The van der Waals surface area contributed by atoms with E-state index in [0.717, 1.165) is 5.56 Å². The topological polar surface area (TPSA) is 66.4 Å². The van der Waals surface area contributed by atoms with Crippen LogP contribution in [0.3, 0.4) is 0 Å². The number of benzene rings is 1. The van der Waals surface area contributed by atoms with E-state index in [9.17, 15) is 18.4 Å². The lowest BCUT2D eigenvalue weighted by atomic mass is 9.84. The van der Waals surface area contributed by atoms with Crippen LogP contribution in [0.2, 0.25) is 0 Å². The fourth-order valence-electron chi connectivity index (χ4n) is 2.30. The Morgan fingerprint density at radius 2 is 1.82 bits per heavy atom. The molecule has 1 amide bonds. The average molecular weight is 313 g/mol. The van der Waals surface area contributed by atoms with Crippen molar-refractivity contribution in [2.24, 2.45) is 5.92 Å². The normalized spacial score (nSPS) is 15.1. The number of halogens is 2. The molecule has 122 valence electrons. The van der Waals surface area contributed by atoms with E-state index in [1.54, 1.807) is 24.3 Å². The van der Waals surface area contributed by atoms with Crippen molar-refractivity contribution < 1.29 is 23.5 Å². The molecule has 2 N–H and O–H groups in total. The Kier molecular flexibility index (Phi) is 6.95. The second-order valence-electron chi connectivity index (χ2n) is 5.30. The molecule has 3 atom stereocenters. The Hall–Kier alpha value is -1.98. The Labute approximate surface area is 128 Å². The Bertz CT molecular complexity index is 493. The predicted octanol–water partition coefficient (Wildman–Crippen LogP) is 3.04. The van der Waals surface area contributed by atoms with Crippen LogP contribution in [0.25, 0.3) is 0 Å². The van der Waals surface area contributed by atoms with Crippen LogP contribution in [-0.4, -0.2) is 29.5 Å². The van der Waals surface area contributed by atoms with Gasteiger partial charge in [-0.05, 0) is 11.5 Å². The van der Waals surface area contributed by atoms with Gasteiger partial charge < -0.3 is 10.4 Å². The summed E-state index contributed by atoms with van der Waals surface area (Å²) < 4.78 is 24.9. The van der Waals surface area contributed by atoms with Gasteiger partial charge in [0.1, 0.15) is 6.04 Å². The molecule has 1 aromatic carbocycles. The Balaban J connectivity index is 2.95. The molecule has 0 aliphatic carbocycles. The van der Waals surface area contributed by atoms with Crippen molar-refractivity contribution in [1.82, 2.24) is 5.32 Å². The number of carboxylic acids is 1. The number of carbonyl (C=O) groups is 2. The highest BCUT2D eigenvalue weighted by Crippen LogP contribution is 2.27. The van der Waals surface area contributed by atoms with Gasteiger partial charge in [-0.25, -0.2) is 13.6 Å². The summed E-state index contributed by atoms with van der Waals surface area (Å²) in [6.45, 7) is 3.79. The van der Waals surface area contributed by atoms with E-state index in [2.05, 4.69) is 5.32 Å². The zero-order valence-electron chi connectivity index (χ0n) is 12.6. The van der Waals surface area contributed by atoms with Crippen molar-refractivity contribution in [1.29, 1.82) is 0 Å². The minimum atomic E-state index is -2.79. The predicted molar refractivity (Wildman–Crippen MR) is 78.8 cm³/mol. The number of hydrogen-bond donors (Lipinski definition) is 2. The molecule has 0 fully saturated rings. The smallest absolute Gasteiger partial charge is 0.326 e. The maximum absolute atomic E-state index is 12.4. The van der Waals surface area contributed by atoms with Gasteiger partial charge in [0.2, 0.25) is 12.3 Å². The quantitative estimate of drug-likeness (QED) is 0.775. The highest BCUT2D eigenvalue weighted by atomic mass is 19.3. The van der Waals surface area contributed by atoms with Gasteiger partial charge in [0.05, 0.1) is 5.92 Å². The SMILES string of the molecule is CCC(C)C(C(=O)NC(CC(F)F)C(=O)O)c1ccccc1. The maximum atomic E-state index is 12.4. The van der Waals surface area contributed by atoms with Crippen molar-refractivity contribution in [2.45, 2.75) is 45.1 Å². The van der Waals surface area contributed by atoms with Crippen molar-refractivity contribution in [2.75, 3.05) is 0 Å². The summed E-state index contributed by atoms with van der Waals surface area (Å²) in [7, 11) is 0. The van der Waals surface area contributed by atoms with Gasteiger partial charge in [-0.1, -0.05) is 50.6 Å². The average Bonchev–Trinajstić information content (AvgIpc) is 2.47.